The molecule has 0 bridgehead atoms. The van der Waals surface area contributed by atoms with Crippen LogP contribution in [0.5, 0.6) is 17.2 Å². The maximum atomic E-state index is 13.2. The lowest BCUT2D eigenvalue weighted by molar-refractivity contribution is -0.140. The highest BCUT2D eigenvalue weighted by Crippen LogP contribution is 2.28. The lowest BCUT2D eigenvalue weighted by Gasteiger charge is -2.19. The Hall–Kier alpha value is -4.56. The third kappa shape index (κ3) is 7.19. The van der Waals surface area contributed by atoms with Crippen molar-refractivity contribution in [3.8, 4) is 17.2 Å². The predicted octanol–water partition coefficient (Wildman–Crippen LogP) is 7.95. The molecule has 210 valence electrons. The van der Waals surface area contributed by atoms with Crippen molar-refractivity contribution in [2.75, 3.05) is 0 Å². The number of halogens is 3. The van der Waals surface area contributed by atoms with Crippen LogP contribution in [0.3, 0.4) is 0 Å². The lowest BCUT2D eigenvalue weighted by Crippen LogP contribution is -2.40. The number of rotatable bonds is 9. The van der Waals surface area contributed by atoms with Crippen LogP contribution in [0.4, 0.5) is 0 Å². The average Bonchev–Trinajstić information content (AvgIpc) is 3.00. The van der Waals surface area contributed by atoms with E-state index in [1.165, 1.54) is 6.21 Å². The van der Waals surface area contributed by atoms with Crippen LogP contribution in [0.1, 0.15) is 15.9 Å². The number of fused-ring (bicyclic) bond motifs is 1. The number of carbonyl (C=O) groups is 2. The molecule has 5 aromatic carbocycles. The molecule has 10 heteroatoms. The van der Waals surface area contributed by atoms with Crippen LogP contribution in [0, 0.1) is 0 Å². The third-order valence-corrected chi connectivity index (χ3v) is 6.76. The molecule has 0 saturated heterocycles. The standard InChI is InChI=1S/C32H21Cl3N2O5/c33-21-10-14-23(15-11-21)40-32(41-24-16-12-22(34)13-17-24)30(38)37-36-19-27-25-6-2-1-5-20(25)9-18-29(27)42-31(39)26-7-3-4-8-28(26)35/h1-19,32H,(H,37,38). The molecule has 0 unspecified atom stereocenters. The Morgan fingerprint density at radius 2 is 1.31 bits per heavy atom. The molecule has 0 radical (unpaired) electrons. The first-order valence-electron chi connectivity index (χ1n) is 12.5. The highest BCUT2D eigenvalue weighted by atomic mass is 35.5. The van der Waals surface area contributed by atoms with Gasteiger partial charge in [0, 0.05) is 15.6 Å². The van der Waals surface area contributed by atoms with E-state index in [0.29, 0.717) is 27.1 Å². The second-order valence-electron chi connectivity index (χ2n) is 8.78. The van der Waals surface area contributed by atoms with Crippen molar-refractivity contribution in [2.24, 2.45) is 5.10 Å². The van der Waals surface area contributed by atoms with Crippen molar-refractivity contribution in [3.63, 3.8) is 0 Å². The summed E-state index contributed by atoms with van der Waals surface area (Å²) >= 11 is 18.1. The molecular formula is C32H21Cl3N2O5. The van der Waals surface area contributed by atoms with Gasteiger partial charge in [0.1, 0.15) is 17.2 Å². The predicted molar refractivity (Wildman–Crippen MR) is 164 cm³/mol. The molecule has 42 heavy (non-hydrogen) atoms. The Bertz CT molecular complexity index is 1710. The quantitative estimate of drug-likeness (QED) is 0.0595. The molecular weight excluding hydrogens is 599 g/mol. The SMILES string of the molecule is O=C(Oc1ccc2ccccc2c1C=NNC(=O)C(Oc1ccc(Cl)cc1)Oc1ccc(Cl)cc1)c1ccccc1Cl. The zero-order valence-electron chi connectivity index (χ0n) is 21.7. The van der Waals surface area contributed by atoms with Crippen molar-refractivity contribution < 1.29 is 23.8 Å². The smallest absolute Gasteiger partial charge is 0.345 e. The van der Waals surface area contributed by atoms with Crippen LogP contribution in [-0.2, 0) is 4.79 Å². The highest BCUT2D eigenvalue weighted by Gasteiger charge is 2.23. The van der Waals surface area contributed by atoms with E-state index in [9.17, 15) is 9.59 Å². The van der Waals surface area contributed by atoms with Gasteiger partial charge < -0.3 is 14.2 Å². The van der Waals surface area contributed by atoms with Crippen LogP contribution < -0.4 is 19.6 Å². The second-order valence-corrected chi connectivity index (χ2v) is 10.1. The van der Waals surface area contributed by atoms with Crippen LogP contribution in [0.2, 0.25) is 15.1 Å². The number of amides is 1. The molecule has 5 aromatic rings. The number of hydrazone groups is 1. The molecule has 7 nitrogen and oxygen atoms in total. The van der Waals surface area contributed by atoms with Crippen LogP contribution in [-0.4, -0.2) is 24.4 Å². The fraction of sp³-hybridized carbons (Fsp3) is 0.0312. The van der Waals surface area contributed by atoms with Crippen molar-refractivity contribution in [3.05, 3.63) is 135 Å². The Morgan fingerprint density at radius 3 is 1.95 bits per heavy atom. The van der Waals surface area contributed by atoms with Gasteiger partial charge in [-0.15, -0.1) is 0 Å². The summed E-state index contributed by atoms with van der Waals surface area (Å²) in [6.45, 7) is 0. The topological polar surface area (TPSA) is 86.2 Å². The molecule has 1 amide bonds. The zero-order chi connectivity index (χ0) is 29.5. The van der Waals surface area contributed by atoms with E-state index in [1.54, 1.807) is 78.9 Å². The van der Waals surface area contributed by atoms with Gasteiger partial charge in [-0.1, -0.05) is 77.3 Å². The van der Waals surface area contributed by atoms with E-state index in [-0.39, 0.29) is 16.3 Å². The van der Waals surface area contributed by atoms with E-state index in [4.69, 9.17) is 49.0 Å². The summed E-state index contributed by atoms with van der Waals surface area (Å²) in [5.74, 6) is -0.419. The molecule has 0 aliphatic heterocycles. The second kappa shape index (κ2) is 13.4. The van der Waals surface area contributed by atoms with Gasteiger partial charge in [-0.25, -0.2) is 10.2 Å². The maximum absolute atomic E-state index is 13.2. The number of carbonyl (C=O) groups excluding carboxylic acids is 2. The number of hydrogen-bond acceptors (Lipinski definition) is 6. The molecule has 5 rings (SSSR count). The summed E-state index contributed by atoms with van der Waals surface area (Å²) in [5.41, 5.74) is 3.12. The van der Waals surface area contributed by atoms with Gasteiger partial charge in [0.25, 0.3) is 0 Å². The molecule has 0 aromatic heterocycles. The van der Waals surface area contributed by atoms with E-state index in [0.717, 1.165) is 10.8 Å². The van der Waals surface area contributed by atoms with Crippen molar-refractivity contribution in [1.29, 1.82) is 0 Å². The van der Waals surface area contributed by atoms with Gasteiger partial charge >= 0.3 is 18.2 Å². The number of esters is 1. The van der Waals surface area contributed by atoms with Gasteiger partial charge in [-0.05, 0) is 77.5 Å². The molecule has 1 N–H and O–H groups in total. The first kappa shape index (κ1) is 29.0. The summed E-state index contributed by atoms with van der Waals surface area (Å²) in [6.07, 6.45) is -0.0357. The minimum absolute atomic E-state index is 0.213. The monoisotopic (exact) mass is 618 g/mol. The third-order valence-electron chi connectivity index (χ3n) is 5.92. The van der Waals surface area contributed by atoms with Gasteiger partial charge in [0.15, 0.2) is 0 Å². The summed E-state index contributed by atoms with van der Waals surface area (Å²) in [5, 5.41) is 7.03. The van der Waals surface area contributed by atoms with Crippen molar-refractivity contribution in [1.82, 2.24) is 5.43 Å². The van der Waals surface area contributed by atoms with Gasteiger partial charge in [-0.2, -0.15) is 5.10 Å². The van der Waals surface area contributed by atoms with Crippen LogP contribution in [0.25, 0.3) is 10.8 Å². The summed E-state index contributed by atoms with van der Waals surface area (Å²) < 4.78 is 17.3. The number of hydrogen-bond donors (Lipinski definition) is 1. The lowest BCUT2D eigenvalue weighted by atomic mass is 10.0. The zero-order valence-corrected chi connectivity index (χ0v) is 23.9. The molecule has 0 spiro atoms. The first-order chi connectivity index (χ1) is 20.4. The maximum Gasteiger partial charge on any atom is 0.345 e. The number of nitrogens with one attached hydrogen (secondary N) is 1. The van der Waals surface area contributed by atoms with Gasteiger partial charge in [0.2, 0.25) is 0 Å². The number of benzene rings is 5. The van der Waals surface area contributed by atoms with E-state index in [1.807, 2.05) is 30.3 Å². The highest BCUT2D eigenvalue weighted by molar-refractivity contribution is 6.33. The molecule has 0 aliphatic carbocycles. The molecule has 0 saturated carbocycles. The fourth-order valence-electron chi connectivity index (χ4n) is 3.90. The van der Waals surface area contributed by atoms with Crippen LogP contribution in [0.15, 0.2) is 114 Å². The number of nitrogens with zero attached hydrogens (tertiary/aromatic N) is 1. The van der Waals surface area contributed by atoms with Crippen molar-refractivity contribution >= 4 is 63.7 Å². The average molecular weight is 620 g/mol. The molecule has 0 aliphatic rings. The number of ether oxygens (including phenoxy) is 3. The molecule has 0 fully saturated rings. The Labute approximate surface area is 256 Å². The van der Waals surface area contributed by atoms with E-state index >= 15 is 0 Å². The van der Waals surface area contributed by atoms with Gasteiger partial charge in [-0.3, -0.25) is 4.79 Å². The van der Waals surface area contributed by atoms with Crippen molar-refractivity contribution in [2.45, 2.75) is 6.29 Å². The van der Waals surface area contributed by atoms with Crippen LogP contribution >= 0.6 is 34.8 Å². The fourth-order valence-corrected chi connectivity index (χ4v) is 4.36. The minimum Gasteiger partial charge on any atom is -0.446 e. The summed E-state index contributed by atoms with van der Waals surface area (Å²) in [4.78, 5) is 26.1. The summed E-state index contributed by atoms with van der Waals surface area (Å²) in [7, 11) is 0. The van der Waals surface area contributed by atoms with E-state index in [2.05, 4.69) is 10.5 Å². The minimum atomic E-state index is -1.42. The van der Waals surface area contributed by atoms with Gasteiger partial charge in [0.05, 0.1) is 16.8 Å². The van der Waals surface area contributed by atoms with E-state index < -0.39 is 18.2 Å². The largest absolute Gasteiger partial charge is 0.446 e. The Morgan fingerprint density at radius 1 is 0.714 bits per heavy atom. The summed E-state index contributed by atoms with van der Waals surface area (Å²) in [6, 6.07) is 30.4. The molecule has 0 atom stereocenters. The molecule has 0 heterocycles. The Balaban J connectivity index is 1.40. The normalized spacial score (nSPS) is 11.0. The first-order valence-corrected chi connectivity index (χ1v) is 13.7. The Kier molecular flexibility index (Phi) is 9.24.